The van der Waals surface area contributed by atoms with Gasteiger partial charge < -0.3 is 14.8 Å². The second kappa shape index (κ2) is 6.57. The van der Waals surface area contributed by atoms with E-state index in [9.17, 15) is 4.39 Å². The van der Waals surface area contributed by atoms with E-state index in [-0.39, 0.29) is 23.7 Å². The average molecular weight is 241 g/mol. The maximum Gasteiger partial charge on any atom is 0.165 e. The molecule has 0 aliphatic heterocycles. The molecule has 0 amide bonds. The average Bonchev–Trinajstić information content (AvgIpc) is 2.28. The van der Waals surface area contributed by atoms with Crippen molar-refractivity contribution in [3.8, 4) is 5.75 Å². The van der Waals surface area contributed by atoms with Gasteiger partial charge in [0.05, 0.1) is 18.8 Å². The molecule has 1 aromatic rings. The molecule has 0 aliphatic carbocycles. The van der Waals surface area contributed by atoms with Crippen LogP contribution in [0, 0.1) is 5.82 Å². The van der Waals surface area contributed by atoms with Crippen LogP contribution < -0.4 is 10.1 Å². The van der Waals surface area contributed by atoms with Gasteiger partial charge >= 0.3 is 0 Å². The van der Waals surface area contributed by atoms with Crippen molar-refractivity contribution < 1.29 is 13.9 Å². The number of rotatable bonds is 6. The summed E-state index contributed by atoms with van der Waals surface area (Å²) in [5.41, 5.74) is 0.850. The zero-order valence-electron chi connectivity index (χ0n) is 10.8. The molecule has 0 heterocycles. The van der Waals surface area contributed by atoms with Gasteiger partial charge in [0.1, 0.15) is 0 Å². The normalized spacial score (nSPS) is 12.8. The van der Waals surface area contributed by atoms with Crippen molar-refractivity contribution in [3.05, 3.63) is 29.6 Å². The predicted octanol–water partition coefficient (Wildman–Crippen LogP) is 2.52. The summed E-state index contributed by atoms with van der Waals surface area (Å²) in [5.74, 6) is -0.0522. The van der Waals surface area contributed by atoms with E-state index in [0.29, 0.717) is 6.61 Å². The first-order valence-electron chi connectivity index (χ1n) is 5.70. The van der Waals surface area contributed by atoms with E-state index in [0.717, 1.165) is 5.56 Å². The molecule has 17 heavy (non-hydrogen) atoms. The van der Waals surface area contributed by atoms with E-state index >= 15 is 0 Å². The van der Waals surface area contributed by atoms with Crippen LogP contribution >= 0.6 is 0 Å². The predicted molar refractivity (Wildman–Crippen MR) is 65.8 cm³/mol. The summed E-state index contributed by atoms with van der Waals surface area (Å²) >= 11 is 0. The number of ether oxygens (including phenoxy) is 2. The third kappa shape index (κ3) is 3.98. The number of nitrogens with one attached hydrogen (secondary N) is 1. The molecular weight excluding hydrogens is 221 g/mol. The van der Waals surface area contributed by atoms with Gasteiger partial charge in [-0.2, -0.15) is 0 Å². The number of methoxy groups -OCH3 is 1. The van der Waals surface area contributed by atoms with Gasteiger partial charge in [-0.15, -0.1) is 0 Å². The molecule has 1 aromatic carbocycles. The Bertz CT molecular complexity index is 355. The zero-order chi connectivity index (χ0) is 12.8. The number of likely N-dealkylation sites (N-methyl/N-ethyl adjacent to an activating group) is 1. The van der Waals surface area contributed by atoms with Gasteiger partial charge in [0, 0.05) is 7.11 Å². The Balaban J connectivity index is 2.86. The van der Waals surface area contributed by atoms with Crippen LogP contribution in [0.4, 0.5) is 4.39 Å². The molecule has 0 saturated carbocycles. The lowest BCUT2D eigenvalue weighted by atomic mass is 10.1. The van der Waals surface area contributed by atoms with Gasteiger partial charge in [-0.1, -0.05) is 6.07 Å². The summed E-state index contributed by atoms with van der Waals surface area (Å²) in [6.45, 7) is 4.24. The van der Waals surface area contributed by atoms with Gasteiger partial charge in [0.25, 0.3) is 0 Å². The number of hydrogen-bond donors (Lipinski definition) is 1. The zero-order valence-corrected chi connectivity index (χ0v) is 10.8. The van der Waals surface area contributed by atoms with Crippen LogP contribution in [-0.2, 0) is 4.74 Å². The van der Waals surface area contributed by atoms with E-state index in [1.54, 1.807) is 13.2 Å². The fourth-order valence-corrected chi connectivity index (χ4v) is 1.60. The molecule has 0 aliphatic rings. The Kier molecular flexibility index (Phi) is 5.38. The highest BCUT2D eigenvalue weighted by molar-refractivity contribution is 5.31. The SMILES string of the molecule is CNC(COC)c1ccc(OC(C)C)c(F)c1. The summed E-state index contributed by atoms with van der Waals surface area (Å²) in [4.78, 5) is 0. The molecule has 1 N–H and O–H groups in total. The minimum absolute atomic E-state index is 0.0115. The number of hydrogen-bond acceptors (Lipinski definition) is 3. The Labute approximate surface area is 102 Å². The molecule has 0 fully saturated rings. The third-order valence-corrected chi connectivity index (χ3v) is 2.40. The molecule has 0 bridgehead atoms. The summed E-state index contributed by atoms with van der Waals surface area (Å²) in [6.07, 6.45) is -0.0329. The highest BCUT2D eigenvalue weighted by Gasteiger charge is 2.12. The van der Waals surface area contributed by atoms with Crippen LogP contribution in [0.25, 0.3) is 0 Å². The summed E-state index contributed by atoms with van der Waals surface area (Å²) in [7, 11) is 3.44. The van der Waals surface area contributed by atoms with Gasteiger partial charge in [0.2, 0.25) is 0 Å². The first-order valence-corrected chi connectivity index (χ1v) is 5.70. The maximum atomic E-state index is 13.8. The second-order valence-corrected chi connectivity index (χ2v) is 4.15. The number of halogens is 1. The van der Waals surface area contributed by atoms with Crippen LogP contribution in [0.15, 0.2) is 18.2 Å². The molecule has 4 heteroatoms. The van der Waals surface area contributed by atoms with Gasteiger partial charge in [-0.3, -0.25) is 0 Å². The van der Waals surface area contributed by atoms with E-state index < -0.39 is 0 Å². The molecule has 1 rings (SSSR count). The lowest BCUT2D eigenvalue weighted by Crippen LogP contribution is -2.21. The van der Waals surface area contributed by atoms with Crippen LogP contribution in [-0.4, -0.2) is 26.9 Å². The fraction of sp³-hybridized carbons (Fsp3) is 0.538. The van der Waals surface area contributed by atoms with Crippen molar-refractivity contribution in [1.29, 1.82) is 0 Å². The van der Waals surface area contributed by atoms with Crippen LogP contribution in [0.1, 0.15) is 25.5 Å². The third-order valence-electron chi connectivity index (χ3n) is 2.40. The first-order chi connectivity index (χ1) is 8.08. The monoisotopic (exact) mass is 241 g/mol. The van der Waals surface area contributed by atoms with Crippen LogP contribution in [0.3, 0.4) is 0 Å². The minimum Gasteiger partial charge on any atom is -0.488 e. The van der Waals surface area contributed by atoms with Crippen molar-refractivity contribution in [3.63, 3.8) is 0 Å². The molecule has 96 valence electrons. The molecule has 1 unspecified atom stereocenters. The van der Waals surface area contributed by atoms with E-state index in [4.69, 9.17) is 9.47 Å². The topological polar surface area (TPSA) is 30.5 Å². The fourth-order valence-electron chi connectivity index (χ4n) is 1.60. The summed E-state index contributed by atoms with van der Waals surface area (Å²) in [6, 6.07) is 4.98. The Morgan fingerprint density at radius 2 is 2.06 bits per heavy atom. The van der Waals surface area contributed by atoms with E-state index in [2.05, 4.69) is 5.32 Å². The Morgan fingerprint density at radius 3 is 2.53 bits per heavy atom. The summed E-state index contributed by atoms with van der Waals surface area (Å²) in [5, 5.41) is 3.07. The molecule has 0 spiro atoms. The minimum atomic E-state index is -0.340. The van der Waals surface area contributed by atoms with Crippen molar-refractivity contribution in [2.24, 2.45) is 0 Å². The largest absolute Gasteiger partial charge is 0.488 e. The smallest absolute Gasteiger partial charge is 0.165 e. The quantitative estimate of drug-likeness (QED) is 0.830. The van der Waals surface area contributed by atoms with Crippen molar-refractivity contribution in [1.82, 2.24) is 5.32 Å². The second-order valence-electron chi connectivity index (χ2n) is 4.15. The Hall–Kier alpha value is -1.13. The van der Waals surface area contributed by atoms with E-state index in [1.165, 1.54) is 6.07 Å². The van der Waals surface area contributed by atoms with E-state index in [1.807, 2.05) is 27.0 Å². The molecular formula is C13H20FNO2. The molecule has 1 atom stereocenters. The Morgan fingerprint density at radius 1 is 1.35 bits per heavy atom. The lowest BCUT2D eigenvalue weighted by molar-refractivity contribution is 0.170. The lowest BCUT2D eigenvalue weighted by Gasteiger charge is -2.17. The first kappa shape index (κ1) is 13.9. The van der Waals surface area contributed by atoms with Crippen molar-refractivity contribution in [2.45, 2.75) is 26.0 Å². The van der Waals surface area contributed by atoms with Crippen molar-refractivity contribution >= 4 is 0 Å². The summed E-state index contributed by atoms with van der Waals surface area (Å²) < 4.78 is 24.2. The standard InChI is InChI=1S/C13H20FNO2/c1-9(2)17-13-6-5-10(7-11(13)14)12(15-3)8-16-4/h5-7,9,12,15H,8H2,1-4H3. The molecule has 0 radical (unpaired) electrons. The molecule has 0 aromatic heterocycles. The highest BCUT2D eigenvalue weighted by atomic mass is 19.1. The highest BCUT2D eigenvalue weighted by Crippen LogP contribution is 2.23. The van der Waals surface area contributed by atoms with Gasteiger partial charge in [-0.25, -0.2) is 4.39 Å². The van der Waals surface area contributed by atoms with Crippen LogP contribution in [0.2, 0.25) is 0 Å². The molecule has 0 saturated heterocycles. The van der Waals surface area contributed by atoms with Gasteiger partial charge in [-0.05, 0) is 38.6 Å². The van der Waals surface area contributed by atoms with Crippen molar-refractivity contribution in [2.75, 3.05) is 20.8 Å². The van der Waals surface area contributed by atoms with Crippen LogP contribution in [0.5, 0.6) is 5.75 Å². The molecule has 3 nitrogen and oxygen atoms in total. The van der Waals surface area contributed by atoms with Gasteiger partial charge in [0.15, 0.2) is 11.6 Å². The number of benzene rings is 1. The maximum absolute atomic E-state index is 13.8.